The van der Waals surface area contributed by atoms with E-state index in [9.17, 15) is 0 Å². The summed E-state index contributed by atoms with van der Waals surface area (Å²) in [7, 11) is 3.00. The molecule has 0 saturated carbocycles. The summed E-state index contributed by atoms with van der Waals surface area (Å²) in [5.41, 5.74) is 0. The van der Waals surface area contributed by atoms with Gasteiger partial charge < -0.3 is 0 Å². The third-order valence-corrected chi connectivity index (χ3v) is 0.707. The molecule has 0 spiro atoms. The SMILES string of the molecule is CCCCC.[CH]F. The summed E-state index contributed by atoms with van der Waals surface area (Å²) >= 11 is 0. The highest BCUT2D eigenvalue weighted by molar-refractivity contribution is 4.24. The Labute approximate surface area is 45.7 Å². The molecule has 0 N–H and O–H groups in total. The predicted octanol–water partition coefficient (Wildman–Crippen LogP) is 2.82. The second-order valence-corrected chi connectivity index (χ2v) is 1.35. The van der Waals surface area contributed by atoms with E-state index in [0.29, 0.717) is 0 Å². The number of halogens is 1. The molecular weight excluding hydrogens is 91.1 g/mol. The maximum absolute atomic E-state index is 9.00. The van der Waals surface area contributed by atoms with Gasteiger partial charge in [-0.3, -0.25) is 0 Å². The number of hydrogen-bond acceptors (Lipinski definition) is 0. The van der Waals surface area contributed by atoms with Crippen molar-refractivity contribution in [3.63, 3.8) is 0 Å². The van der Waals surface area contributed by atoms with Crippen LogP contribution in [0.1, 0.15) is 33.1 Å². The predicted molar refractivity (Wildman–Crippen MR) is 30.6 cm³/mol. The Morgan fingerprint density at radius 2 is 1.43 bits per heavy atom. The minimum atomic E-state index is 1.34. The zero-order valence-electron chi connectivity index (χ0n) is 5.08. The lowest BCUT2D eigenvalue weighted by atomic mass is 10.3. The molecule has 0 nitrogen and oxygen atoms in total. The summed E-state index contributed by atoms with van der Waals surface area (Å²) in [6, 6.07) is 0. The number of hydrogen-bond donors (Lipinski definition) is 0. The Morgan fingerprint density at radius 1 is 1.14 bits per heavy atom. The van der Waals surface area contributed by atoms with Crippen LogP contribution in [0.3, 0.4) is 0 Å². The van der Waals surface area contributed by atoms with Gasteiger partial charge in [0.1, 0.15) is 0 Å². The molecule has 0 amide bonds. The van der Waals surface area contributed by atoms with E-state index in [-0.39, 0.29) is 0 Å². The van der Waals surface area contributed by atoms with E-state index in [1.54, 1.807) is 0 Å². The molecule has 0 aliphatic rings. The highest BCUT2D eigenvalue weighted by Crippen LogP contribution is 1.88. The third kappa shape index (κ3) is 24.6. The maximum Gasteiger partial charge on any atom is 0.168 e. The van der Waals surface area contributed by atoms with Crippen molar-refractivity contribution in [2.75, 3.05) is 0 Å². The van der Waals surface area contributed by atoms with Gasteiger partial charge in [0.15, 0.2) is 7.18 Å². The van der Waals surface area contributed by atoms with E-state index in [4.69, 9.17) is 4.39 Å². The average Bonchev–Trinajstić information content (AvgIpc) is 1.75. The van der Waals surface area contributed by atoms with Gasteiger partial charge >= 0.3 is 0 Å². The van der Waals surface area contributed by atoms with Gasteiger partial charge in [-0.2, -0.15) is 0 Å². The van der Waals surface area contributed by atoms with Gasteiger partial charge in [0.25, 0.3) is 0 Å². The Morgan fingerprint density at radius 3 is 1.43 bits per heavy atom. The van der Waals surface area contributed by atoms with Gasteiger partial charge in [0, 0.05) is 0 Å². The van der Waals surface area contributed by atoms with Crippen molar-refractivity contribution in [2.45, 2.75) is 33.1 Å². The smallest absolute Gasteiger partial charge is 0.168 e. The van der Waals surface area contributed by atoms with Gasteiger partial charge in [-0.25, -0.2) is 4.39 Å². The highest BCUT2D eigenvalue weighted by Gasteiger charge is 1.68. The first-order chi connectivity index (χ1) is 3.41. The van der Waals surface area contributed by atoms with Crippen molar-refractivity contribution in [3.8, 4) is 0 Å². The minimum Gasteiger partial charge on any atom is -0.241 e. The summed E-state index contributed by atoms with van der Waals surface area (Å²) in [6.07, 6.45) is 4.08. The fraction of sp³-hybridized carbons (Fsp3) is 0.833. The molecule has 0 fully saturated rings. The summed E-state index contributed by atoms with van der Waals surface area (Å²) in [6.45, 7) is 4.42. The molecular formula is C6H13F. The third-order valence-electron chi connectivity index (χ3n) is 0.707. The summed E-state index contributed by atoms with van der Waals surface area (Å²) in [4.78, 5) is 0. The van der Waals surface area contributed by atoms with E-state index < -0.39 is 0 Å². The molecule has 0 bridgehead atoms. The fourth-order valence-electron chi connectivity index (χ4n) is 0.354. The van der Waals surface area contributed by atoms with Crippen LogP contribution in [-0.4, -0.2) is 0 Å². The molecule has 0 aliphatic heterocycles. The molecule has 0 rings (SSSR count). The van der Waals surface area contributed by atoms with Crippen molar-refractivity contribution in [3.05, 3.63) is 7.18 Å². The molecule has 0 heterocycles. The molecule has 0 aliphatic carbocycles. The monoisotopic (exact) mass is 104 g/mol. The summed E-state index contributed by atoms with van der Waals surface area (Å²) in [5.74, 6) is 0. The van der Waals surface area contributed by atoms with Gasteiger partial charge in [0.2, 0.25) is 0 Å². The van der Waals surface area contributed by atoms with E-state index >= 15 is 0 Å². The van der Waals surface area contributed by atoms with Crippen molar-refractivity contribution >= 4 is 0 Å². The number of unbranched alkanes of at least 4 members (excludes halogenated alkanes) is 2. The van der Waals surface area contributed by atoms with Crippen molar-refractivity contribution in [1.82, 2.24) is 0 Å². The molecule has 0 atom stereocenters. The first-order valence-corrected chi connectivity index (χ1v) is 2.63. The normalized spacial score (nSPS) is 6.86. The molecule has 44 valence electrons. The second kappa shape index (κ2) is 16.8. The van der Waals surface area contributed by atoms with Crippen LogP contribution in [0.25, 0.3) is 0 Å². The minimum absolute atomic E-state index is 1.34. The first-order valence-electron chi connectivity index (χ1n) is 2.63. The van der Waals surface area contributed by atoms with Gasteiger partial charge in [0.05, 0.1) is 0 Å². The molecule has 0 unspecified atom stereocenters. The van der Waals surface area contributed by atoms with E-state index in [1.165, 1.54) is 19.3 Å². The van der Waals surface area contributed by atoms with Crippen LogP contribution in [-0.2, 0) is 0 Å². The molecule has 0 saturated heterocycles. The average molecular weight is 104 g/mol. The Balaban J connectivity index is 0. The molecule has 0 aromatic rings. The quantitative estimate of drug-likeness (QED) is 0.505. The first kappa shape index (κ1) is 10.0. The van der Waals surface area contributed by atoms with E-state index in [1.807, 2.05) is 0 Å². The molecule has 2 radical (unpaired) electrons. The largest absolute Gasteiger partial charge is 0.241 e. The van der Waals surface area contributed by atoms with Crippen LogP contribution in [0.15, 0.2) is 0 Å². The topological polar surface area (TPSA) is 0 Å². The van der Waals surface area contributed by atoms with Gasteiger partial charge in [-0.15, -0.1) is 0 Å². The van der Waals surface area contributed by atoms with E-state index in [0.717, 1.165) is 0 Å². The van der Waals surface area contributed by atoms with Gasteiger partial charge in [-0.05, 0) is 0 Å². The lowest BCUT2D eigenvalue weighted by Crippen LogP contribution is -1.59. The lowest BCUT2D eigenvalue weighted by molar-refractivity contribution is 0.713. The lowest BCUT2D eigenvalue weighted by Gasteiger charge is -1.79. The van der Waals surface area contributed by atoms with Gasteiger partial charge in [-0.1, -0.05) is 33.1 Å². The fourth-order valence-corrected chi connectivity index (χ4v) is 0.354. The maximum atomic E-state index is 9.00. The Bertz CT molecular complexity index is 11.7. The Hall–Kier alpha value is -0.0700. The second-order valence-electron chi connectivity index (χ2n) is 1.35. The van der Waals surface area contributed by atoms with Crippen LogP contribution >= 0.6 is 0 Å². The molecule has 7 heavy (non-hydrogen) atoms. The zero-order chi connectivity index (χ0) is 6.12. The van der Waals surface area contributed by atoms with Crippen LogP contribution in [0.4, 0.5) is 4.39 Å². The molecule has 1 heteroatoms. The van der Waals surface area contributed by atoms with Crippen LogP contribution in [0, 0.1) is 7.18 Å². The Kier molecular flexibility index (Phi) is 24.0. The van der Waals surface area contributed by atoms with Crippen LogP contribution in [0.5, 0.6) is 0 Å². The number of rotatable bonds is 2. The van der Waals surface area contributed by atoms with Crippen LogP contribution < -0.4 is 0 Å². The summed E-state index contributed by atoms with van der Waals surface area (Å²) in [5, 5.41) is 0. The van der Waals surface area contributed by atoms with E-state index in [2.05, 4.69) is 21.0 Å². The van der Waals surface area contributed by atoms with Crippen molar-refractivity contribution in [2.24, 2.45) is 0 Å². The highest BCUT2D eigenvalue weighted by atomic mass is 19.1. The zero-order valence-corrected chi connectivity index (χ0v) is 5.08. The van der Waals surface area contributed by atoms with Crippen molar-refractivity contribution in [1.29, 1.82) is 0 Å². The summed E-state index contributed by atoms with van der Waals surface area (Å²) < 4.78 is 9.00. The van der Waals surface area contributed by atoms with Crippen LogP contribution in [0.2, 0.25) is 0 Å². The molecule has 0 aromatic heterocycles. The molecule has 0 aromatic carbocycles. The van der Waals surface area contributed by atoms with Crippen molar-refractivity contribution < 1.29 is 4.39 Å². The standard InChI is InChI=1S/C5H12.CHF/c1-3-5-4-2;1-2/h3-5H2,1-2H3;1H.